The SMILES string of the molecule is CC(C)Oc1ccc(C#N)cc1NC(=O)c1cc(Cl)c(Cl)[nH]1. The van der Waals surface area contributed by atoms with Gasteiger partial charge >= 0.3 is 0 Å². The molecule has 0 spiro atoms. The second kappa shape index (κ2) is 6.73. The molecular formula is C15H13Cl2N3O2. The van der Waals surface area contributed by atoms with Gasteiger partial charge in [-0.1, -0.05) is 23.2 Å². The first-order valence-electron chi connectivity index (χ1n) is 6.47. The van der Waals surface area contributed by atoms with E-state index >= 15 is 0 Å². The number of benzene rings is 1. The van der Waals surface area contributed by atoms with E-state index in [2.05, 4.69) is 10.3 Å². The molecule has 0 radical (unpaired) electrons. The van der Waals surface area contributed by atoms with Gasteiger partial charge in [-0.05, 0) is 38.1 Å². The summed E-state index contributed by atoms with van der Waals surface area (Å²) in [5.41, 5.74) is 1.03. The molecule has 0 saturated heterocycles. The summed E-state index contributed by atoms with van der Waals surface area (Å²) in [5, 5.41) is 12.1. The van der Waals surface area contributed by atoms with Gasteiger partial charge in [0.15, 0.2) is 0 Å². The molecule has 1 heterocycles. The predicted molar refractivity (Wildman–Crippen MR) is 85.7 cm³/mol. The van der Waals surface area contributed by atoms with Crippen LogP contribution >= 0.6 is 23.2 Å². The van der Waals surface area contributed by atoms with E-state index in [1.165, 1.54) is 6.07 Å². The Hall–Kier alpha value is -2.16. The second-order valence-electron chi connectivity index (χ2n) is 4.79. The molecule has 0 aliphatic heterocycles. The van der Waals surface area contributed by atoms with Gasteiger partial charge in [0.05, 0.1) is 28.4 Å². The highest BCUT2D eigenvalue weighted by atomic mass is 35.5. The lowest BCUT2D eigenvalue weighted by Crippen LogP contribution is -2.15. The highest BCUT2D eigenvalue weighted by Crippen LogP contribution is 2.28. The first-order chi connectivity index (χ1) is 10.4. The predicted octanol–water partition coefficient (Wildman–Crippen LogP) is 4.23. The van der Waals surface area contributed by atoms with Crippen molar-refractivity contribution in [2.24, 2.45) is 0 Å². The first-order valence-corrected chi connectivity index (χ1v) is 7.22. The van der Waals surface area contributed by atoms with Crippen LogP contribution in [0.2, 0.25) is 10.2 Å². The van der Waals surface area contributed by atoms with Crippen molar-refractivity contribution in [3.63, 3.8) is 0 Å². The molecule has 0 unspecified atom stereocenters. The monoisotopic (exact) mass is 337 g/mol. The summed E-state index contributed by atoms with van der Waals surface area (Å²) in [4.78, 5) is 14.9. The zero-order valence-corrected chi connectivity index (χ0v) is 13.4. The Morgan fingerprint density at radius 1 is 1.36 bits per heavy atom. The topological polar surface area (TPSA) is 77.9 Å². The van der Waals surface area contributed by atoms with Crippen LogP contribution < -0.4 is 10.1 Å². The number of halogens is 2. The van der Waals surface area contributed by atoms with Gasteiger partial charge in [-0.25, -0.2) is 0 Å². The van der Waals surface area contributed by atoms with E-state index in [1.54, 1.807) is 18.2 Å². The van der Waals surface area contributed by atoms with Gasteiger partial charge in [-0.3, -0.25) is 4.79 Å². The molecule has 2 N–H and O–H groups in total. The van der Waals surface area contributed by atoms with Crippen molar-refractivity contribution in [3.8, 4) is 11.8 Å². The molecule has 1 aromatic carbocycles. The Morgan fingerprint density at radius 2 is 2.09 bits per heavy atom. The van der Waals surface area contributed by atoms with Gasteiger partial charge in [0.1, 0.15) is 16.6 Å². The number of H-pyrrole nitrogens is 1. The highest BCUT2D eigenvalue weighted by Gasteiger charge is 2.15. The van der Waals surface area contributed by atoms with E-state index in [0.29, 0.717) is 17.0 Å². The Bertz CT molecular complexity index is 728. The largest absolute Gasteiger partial charge is 0.489 e. The van der Waals surface area contributed by atoms with Crippen LogP contribution in [0, 0.1) is 11.3 Å². The van der Waals surface area contributed by atoms with Gasteiger partial charge in [0.2, 0.25) is 0 Å². The molecule has 114 valence electrons. The van der Waals surface area contributed by atoms with Crippen LogP contribution in [0.3, 0.4) is 0 Å². The lowest BCUT2D eigenvalue weighted by atomic mass is 10.2. The fraction of sp³-hybridized carbons (Fsp3) is 0.200. The van der Waals surface area contributed by atoms with Crippen LogP contribution in [0.15, 0.2) is 24.3 Å². The molecule has 7 heteroatoms. The van der Waals surface area contributed by atoms with Crippen LogP contribution in [0.1, 0.15) is 29.9 Å². The smallest absolute Gasteiger partial charge is 0.272 e. The number of amides is 1. The molecule has 2 rings (SSSR count). The van der Waals surface area contributed by atoms with Crippen LogP contribution in [0.4, 0.5) is 5.69 Å². The van der Waals surface area contributed by atoms with Crippen LogP contribution in [-0.4, -0.2) is 17.0 Å². The maximum absolute atomic E-state index is 12.2. The Balaban J connectivity index is 2.30. The maximum atomic E-state index is 12.2. The molecule has 22 heavy (non-hydrogen) atoms. The van der Waals surface area contributed by atoms with Gasteiger partial charge in [-0.15, -0.1) is 0 Å². The van der Waals surface area contributed by atoms with Crippen molar-refractivity contribution in [2.45, 2.75) is 20.0 Å². The third-order valence-electron chi connectivity index (χ3n) is 2.69. The summed E-state index contributed by atoms with van der Waals surface area (Å²) < 4.78 is 5.62. The molecule has 0 bridgehead atoms. The van der Waals surface area contributed by atoms with Crippen LogP contribution in [0.25, 0.3) is 0 Å². The Morgan fingerprint density at radius 3 is 2.64 bits per heavy atom. The number of rotatable bonds is 4. The van der Waals surface area contributed by atoms with Crippen LogP contribution in [-0.2, 0) is 0 Å². The molecule has 5 nitrogen and oxygen atoms in total. The number of nitrogens with zero attached hydrogens (tertiary/aromatic N) is 1. The average molecular weight is 338 g/mol. The van der Waals surface area contributed by atoms with Crippen molar-refractivity contribution in [3.05, 3.63) is 45.7 Å². The summed E-state index contributed by atoms with van der Waals surface area (Å²) in [6.45, 7) is 3.74. The zero-order chi connectivity index (χ0) is 16.3. The molecule has 0 saturated carbocycles. The van der Waals surface area contributed by atoms with E-state index in [4.69, 9.17) is 33.2 Å². The Labute approximate surface area is 137 Å². The number of nitrogens with one attached hydrogen (secondary N) is 2. The van der Waals surface area contributed by atoms with Crippen molar-refractivity contribution in [2.75, 3.05) is 5.32 Å². The molecule has 0 atom stereocenters. The van der Waals surface area contributed by atoms with E-state index < -0.39 is 5.91 Å². The number of aromatic nitrogens is 1. The summed E-state index contributed by atoms with van der Waals surface area (Å²) in [5.74, 6) is 0.0450. The van der Waals surface area contributed by atoms with Crippen molar-refractivity contribution < 1.29 is 9.53 Å². The number of nitriles is 1. The van der Waals surface area contributed by atoms with Crippen LogP contribution in [0.5, 0.6) is 5.75 Å². The number of ether oxygens (including phenoxy) is 1. The van der Waals surface area contributed by atoms with Crippen molar-refractivity contribution in [1.82, 2.24) is 4.98 Å². The number of anilines is 1. The van der Waals surface area contributed by atoms with E-state index in [0.717, 1.165) is 0 Å². The molecule has 1 amide bonds. The molecular weight excluding hydrogens is 325 g/mol. The number of carbonyl (C=O) groups is 1. The number of hydrogen-bond donors (Lipinski definition) is 2. The number of hydrogen-bond acceptors (Lipinski definition) is 3. The third kappa shape index (κ3) is 3.73. The summed E-state index contributed by atoms with van der Waals surface area (Å²) in [6, 6.07) is 8.25. The summed E-state index contributed by atoms with van der Waals surface area (Å²) in [7, 11) is 0. The van der Waals surface area contributed by atoms with E-state index in [1.807, 2.05) is 19.9 Å². The lowest BCUT2D eigenvalue weighted by molar-refractivity contribution is 0.102. The minimum absolute atomic E-state index is 0.0713. The molecule has 0 fully saturated rings. The lowest BCUT2D eigenvalue weighted by Gasteiger charge is -2.15. The third-order valence-corrected chi connectivity index (χ3v) is 3.38. The normalized spacial score (nSPS) is 10.4. The standard InChI is InChI=1S/C15H13Cl2N3O2/c1-8(2)22-13-4-3-9(7-18)5-11(13)20-15(21)12-6-10(16)14(17)19-12/h3-6,8,19H,1-2H3,(H,20,21). The molecule has 2 aromatic rings. The van der Waals surface area contributed by atoms with E-state index in [-0.39, 0.29) is 22.0 Å². The summed E-state index contributed by atoms with van der Waals surface area (Å²) in [6.07, 6.45) is -0.0713. The van der Waals surface area contributed by atoms with Gasteiger partial charge in [0.25, 0.3) is 5.91 Å². The Kier molecular flexibility index (Phi) is 4.96. The summed E-state index contributed by atoms with van der Waals surface area (Å²) >= 11 is 11.6. The van der Waals surface area contributed by atoms with Gasteiger partial charge < -0.3 is 15.0 Å². The zero-order valence-electron chi connectivity index (χ0n) is 11.9. The van der Waals surface area contributed by atoms with Crippen molar-refractivity contribution in [1.29, 1.82) is 5.26 Å². The van der Waals surface area contributed by atoms with Crippen molar-refractivity contribution >= 4 is 34.8 Å². The van der Waals surface area contributed by atoms with E-state index in [9.17, 15) is 4.79 Å². The minimum Gasteiger partial charge on any atom is -0.489 e. The number of aromatic amines is 1. The minimum atomic E-state index is -0.433. The second-order valence-corrected chi connectivity index (χ2v) is 5.57. The average Bonchev–Trinajstić information content (AvgIpc) is 2.80. The maximum Gasteiger partial charge on any atom is 0.272 e. The van der Waals surface area contributed by atoms with Gasteiger partial charge in [0, 0.05) is 0 Å². The first kappa shape index (κ1) is 16.2. The molecule has 0 aliphatic carbocycles. The molecule has 1 aromatic heterocycles. The molecule has 0 aliphatic rings. The fourth-order valence-electron chi connectivity index (χ4n) is 1.77. The quantitative estimate of drug-likeness (QED) is 0.875. The van der Waals surface area contributed by atoms with Gasteiger partial charge in [-0.2, -0.15) is 5.26 Å². The highest BCUT2D eigenvalue weighted by molar-refractivity contribution is 6.41. The fourth-order valence-corrected chi connectivity index (χ4v) is 2.08. The number of carbonyl (C=O) groups excluding carboxylic acids is 1.